The minimum Gasteiger partial charge on any atom is -0.481 e. The number of aromatic nitrogens is 1. The van der Waals surface area contributed by atoms with Crippen LogP contribution < -0.4 is 15.2 Å². The smallest absolute Gasteiger partial charge is 0.232 e. The average molecular weight is 259 g/mol. The third-order valence-electron chi connectivity index (χ3n) is 2.09. The molecule has 3 N–H and O–H groups in total. The number of hydrogen-bond acceptors (Lipinski definition) is 5. The molecule has 0 atom stereocenters. The van der Waals surface area contributed by atoms with Crippen molar-refractivity contribution in [2.75, 3.05) is 24.1 Å². The quantitative estimate of drug-likeness (QED) is 0.698. The van der Waals surface area contributed by atoms with Crippen LogP contribution in [-0.2, 0) is 10.0 Å². The van der Waals surface area contributed by atoms with E-state index in [1.165, 1.54) is 13.3 Å². The van der Waals surface area contributed by atoms with Crippen molar-refractivity contribution < 1.29 is 13.2 Å². The maximum Gasteiger partial charge on any atom is 0.232 e. The maximum absolute atomic E-state index is 11.6. The van der Waals surface area contributed by atoms with Gasteiger partial charge in [0.15, 0.2) is 0 Å². The highest BCUT2D eigenvalue weighted by Crippen LogP contribution is 2.12. The molecule has 6 nitrogen and oxygen atoms in total. The Kier molecular flexibility index (Phi) is 5.17. The number of anilines is 1. The highest BCUT2D eigenvalue weighted by molar-refractivity contribution is 7.92. The topological polar surface area (TPSA) is 94.3 Å². The van der Waals surface area contributed by atoms with Crippen LogP contribution in [0.3, 0.4) is 0 Å². The summed E-state index contributed by atoms with van der Waals surface area (Å²) in [7, 11) is -1.81. The molecule has 1 rings (SSSR count). The van der Waals surface area contributed by atoms with Crippen LogP contribution in [0.1, 0.15) is 12.8 Å². The van der Waals surface area contributed by atoms with Gasteiger partial charge in [-0.05, 0) is 25.5 Å². The SMILES string of the molecule is COc1ccc(NS(=O)(=O)CCCCN)cn1. The lowest BCUT2D eigenvalue weighted by Crippen LogP contribution is -2.17. The number of ether oxygens (including phenoxy) is 1. The van der Waals surface area contributed by atoms with Crippen molar-refractivity contribution in [3.05, 3.63) is 18.3 Å². The largest absolute Gasteiger partial charge is 0.481 e. The molecule has 0 fully saturated rings. The zero-order chi connectivity index (χ0) is 12.7. The molecular formula is C10H17N3O3S. The van der Waals surface area contributed by atoms with Crippen LogP contribution in [-0.4, -0.2) is 32.8 Å². The predicted octanol–water partition coefficient (Wildman–Crippen LogP) is 0.571. The van der Waals surface area contributed by atoms with Gasteiger partial charge in [-0.2, -0.15) is 0 Å². The Hall–Kier alpha value is -1.34. The third kappa shape index (κ3) is 5.01. The summed E-state index contributed by atoms with van der Waals surface area (Å²) in [4.78, 5) is 3.91. The number of nitrogens with one attached hydrogen (secondary N) is 1. The fourth-order valence-electron chi connectivity index (χ4n) is 1.23. The van der Waals surface area contributed by atoms with E-state index in [0.29, 0.717) is 31.0 Å². The Morgan fingerprint density at radius 2 is 2.18 bits per heavy atom. The summed E-state index contributed by atoms with van der Waals surface area (Å²) < 4.78 is 30.6. The first-order chi connectivity index (χ1) is 8.07. The van der Waals surface area contributed by atoms with Crippen LogP contribution >= 0.6 is 0 Å². The molecule has 7 heteroatoms. The highest BCUT2D eigenvalue weighted by Gasteiger charge is 2.09. The van der Waals surface area contributed by atoms with E-state index in [1.807, 2.05) is 0 Å². The molecule has 0 aliphatic heterocycles. The number of sulfonamides is 1. The second-order valence-electron chi connectivity index (χ2n) is 3.51. The van der Waals surface area contributed by atoms with E-state index in [-0.39, 0.29) is 5.75 Å². The van der Waals surface area contributed by atoms with E-state index >= 15 is 0 Å². The van der Waals surface area contributed by atoms with E-state index in [2.05, 4.69) is 9.71 Å². The lowest BCUT2D eigenvalue weighted by atomic mass is 10.3. The van der Waals surface area contributed by atoms with Crippen molar-refractivity contribution in [2.45, 2.75) is 12.8 Å². The summed E-state index contributed by atoms with van der Waals surface area (Å²) in [5.41, 5.74) is 5.73. The zero-order valence-electron chi connectivity index (χ0n) is 9.72. The van der Waals surface area contributed by atoms with Crippen LogP contribution in [0.4, 0.5) is 5.69 Å². The predicted molar refractivity (Wildman–Crippen MR) is 66.5 cm³/mol. The molecule has 0 aliphatic rings. The van der Waals surface area contributed by atoms with E-state index in [0.717, 1.165) is 0 Å². The maximum atomic E-state index is 11.6. The first kappa shape index (κ1) is 13.7. The molecule has 0 aromatic carbocycles. The van der Waals surface area contributed by atoms with Gasteiger partial charge in [0.05, 0.1) is 24.7 Å². The minimum absolute atomic E-state index is 0.0657. The summed E-state index contributed by atoms with van der Waals surface area (Å²) in [6, 6.07) is 3.20. The van der Waals surface area contributed by atoms with Gasteiger partial charge in [-0.3, -0.25) is 4.72 Å². The van der Waals surface area contributed by atoms with Crippen LogP contribution in [0.15, 0.2) is 18.3 Å². The number of nitrogens with zero attached hydrogens (tertiary/aromatic N) is 1. The molecule has 17 heavy (non-hydrogen) atoms. The molecule has 1 aromatic rings. The number of hydrogen-bond donors (Lipinski definition) is 2. The first-order valence-electron chi connectivity index (χ1n) is 5.28. The normalized spacial score (nSPS) is 11.2. The summed E-state index contributed by atoms with van der Waals surface area (Å²) in [6.07, 6.45) is 2.66. The fraction of sp³-hybridized carbons (Fsp3) is 0.500. The van der Waals surface area contributed by atoms with Crippen LogP contribution in [0, 0.1) is 0 Å². The number of unbranched alkanes of at least 4 members (excludes halogenated alkanes) is 1. The molecule has 1 aromatic heterocycles. The van der Waals surface area contributed by atoms with Gasteiger partial charge in [0.1, 0.15) is 0 Å². The molecule has 0 radical (unpaired) electrons. The van der Waals surface area contributed by atoms with E-state index < -0.39 is 10.0 Å². The molecule has 0 saturated heterocycles. The summed E-state index contributed by atoms with van der Waals surface area (Å²) in [6.45, 7) is 0.500. The van der Waals surface area contributed by atoms with E-state index in [9.17, 15) is 8.42 Å². The number of nitrogens with two attached hydrogens (primary N) is 1. The average Bonchev–Trinajstić information content (AvgIpc) is 2.30. The van der Waals surface area contributed by atoms with E-state index in [4.69, 9.17) is 10.5 Å². The summed E-state index contributed by atoms with van der Waals surface area (Å²) in [5, 5.41) is 0. The highest BCUT2D eigenvalue weighted by atomic mass is 32.2. The Labute approximate surface area is 101 Å². The fourth-order valence-corrected chi connectivity index (χ4v) is 2.39. The van der Waals surface area contributed by atoms with Crippen molar-refractivity contribution in [3.63, 3.8) is 0 Å². The zero-order valence-corrected chi connectivity index (χ0v) is 10.5. The third-order valence-corrected chi connectivity index (χ3v) is 3.46. The number of rotatable bonds is 7. The standard InChI is InChI=1S/C10H17N3O3S/c1-16-10-5-4-9(8-12-10)13-17(14,15)7-3-2-6-11/h4-5,8,13H,2-3,6-7,11H2,1H3. The molecular weight excluding hydrogens is 242 g/mol. The number of methoxy groups -OCH3 is 1. The van der Waals surface area contributed by atoms with Gasteiger partial charge in [0, 0.05) is 6.07 Å². The monoisotopic (exact) mass is 259 g/mol. The lowest BCUT2D eigenvalue weighted by Gasteiger charge is -2.07. The van der Waals surface area contributed by atoms with Crippen LogP contribution in [0.25, 0.3) is 0 Å². The van der Waals surface area contributed by atoms with Crippen LogP contribution in [0.5, 0.6) is 5.88 Å². The van der Waals surface area contributed by atoms with Crippen molar-refractivity contribution >= 4 is 15.7 Å². The molecule has 0 spiro atoms. The minimum atomic E-state index is -3.31. The van der Waals surface area contributed by atoms with Crippen molar-refractivity contribution in [1.29, 1.82) is 0 Å². The van der Waals surface area contributed by atoms with Gasteiger partial charge in [0.25, 0.3) is 0 Å². The van der Waals surface area contributed by atoms with Gasteiger partial charge in [-0.1, -0.05) is 0 Å². The van der Waals surface area contributed by atoms with Gasteiger partial charge in [0.2, 0.25) is 15.9 Å². The van der Waals surface area contributed by atoms with E-state index in [1.54, 1.807) is 12.1 Å². The number of pyridine rings is 1. The Morgan fingerprint density at radius 3 is 2.71 bits per heavy atom. The molecule has 0 aliphatic carbocycles. The second kappa shape index (κ2) is 6.41. The molecule has 0 amide bonds. The second-order valence-corrected chi connectivity index (χ2v) is 5.35. The molecule has 0 unspecified atom stereocenters. The Balaban J connectivity index is 2.56. The van der Waals surface area contributed by atoms with Gasteiger partial charge < -0.3 is 10.5 Å². The lowest BCUT2D eigenvalue weighted by molar-refractivity contribution is 0.398. The van der Waals surface area contributed by atoms with Crippen molar-refractivity contribution in [2.24, 2.45) is 5.73 Å². The molecule has 96 valence electrons. The van der Waals surface area contributed by atoms with Gasteiger partial charge in [-0.15, -0.1) is 0 Å². The molecule has 0 bridgehead atoms. The Morgan fingerprint density at radius 1 is 1.41 bits per heavy atom. The van der Waals surface area contributed by atoms with Gasteiger partial charge in [-0.25, -0.2) is 13.4 Å². The molecule has 0 saturated carbocycles. The van der Waals surface area contributed by atoms with Crippen LogP contribution in [0.2, 0.25) is 0 Å². The molecule has 1 heterocycles. The van der Waals surface area contributed by atoms with Gasteiger partial charge >= 0.3 is 0 Å². The summed E-state index contributed by atoms with van der Waals surface area (Å²) in [5.74, 6) is 0.507. The Bertz CT molecular complexity index is 431. The summed E-state index contributed by atoms with van der Waals surface area (Å²) >= 11 is 0. The van der Waals surface area contributed by atoms with Crippen molar-refractivity contribution in [1.82, 2.24) is 4.98 Å². The van der Waals surface area contributed by atoms with Crippen molar-refractivity contribution in [3.8, 4) is 5.88 Å². The first-order valence-corrected chi connectivity index (χ1v) is 6.93.